The molecule has 1 aliphatic rings. The molecule has 2 heteroatoms. The molecule has 0 heterocycles. The van der Waals surface area contributed by atoms with Crippen molar-refractivity contribution >= 4 is 11.6 Å². The van der Waals surface area contributed by atoms with E-state index in [4.69, 9.17) is 16.3 Å². The molecule has 2 aromatic carbocycles. The Labute approximate surface area is 157 Å². The van der Waals surface area contributed by atoms with E-state index in [0.717, 1.165) is 23.5 Å². The summed E-state index contributed by atoms with van der Waals surface area (Å²) >= 11 is 5.98. The molecule has 1 nitrogen and oxygen atoms in total. The molecule has 0 atom stereocenters. The fraction of sp³-hybridized carbons (Fsp3) is 0.478. The molecule has 25 heavy (non-hydrogen) atoms. The van der Waals surface area contributed by atoms with Gasteiger partial charge in [-0.05, 0) is 72.8 Å². The summed E-state index contributed by atoms with van der Waals surface area (Å²) < 4.78 is 5.15. The topological polar surface area (TPSA) is 9.23 Å². The Morgan fingerprint density at radius 3 is 2.04 bits per heavy atom. The van der Waals surface area contributed by atoms with Crippen LogP contribution < -0.4 is 0 Å². The first kappa shape index (κ1) is 18.5. The molecule has 0 aromatic heterocycles. The van der Waals surface area contributed by atoms with Crippen molar-refractivity contribution in [2.45, 2.75) is 50.9 Å². The third kappa shape index (κ3) is 5.33. The van der Waals surface area contributed by atoms with E-state index in [9.17, 15) is 0 Å². The summed E-state index contributed by atoms with van der Waals surface area (Å²) in [7, 11) is 1.80. The molecule has 3 rings (SSSR count). The molecule has 0 bridgehead atoms. The van der Waals surface area contributed by atoms with Crippen LogP contribution >= 0.6 is 11.6 Å². The largest absolute Gasteiger partial charge is 0.385 e. The Bertz CT molecular complexity index is 624. The summed E-state index contributed by atoms with van der Waals surface area (Å²) in [5, 5.41) is 0.791. The number of methoxy groups -OCH3 is 1. The highest BCUT2D eigenvalue weighted by Crippen LogP contribution is 2.38. The van der Waals surface area contributed by atoms with Gasteiger partial charge in [0.2, 0.25) is 0 Å². The van der Waals surface area contributed by atoms with Gasteiger partial charge in [-0.2, -0.15) is 0 Å². The van der Waals surface area contributed by atoms with Crippen LogP contribution in [-0.4, -0.2) is 13.7 Å². The maximum Gasteiger partial charge on any atom is 0.0462 e. The van der Waals surface area contributed by atoms with E-state index in [1.54, 1.807) is 7.11 Å². The smallest absolute Gasteiger partial charge is 0.0462 e. The molecule has 0 spiro atoms. The number of ether oxygens (including phenoxy) is 1. The van der Waals surface area contributed by atoms with E-state index < -0.39 is 0 Å². The van der Waals surface area contributed by atoms with Crippen LogP contribution in [0, 0.1) is 5.92 Å². The van der Waals surface area contributed by atoms with Crippen molar-refractivity contribution in [1.82, 2.24) is 0 Å². The first-order valence-electron chi connectivity index (χ1n) is 9.61. The Balaban J connectivity index is 1.51. The second-order valence-electron chi connectivity index (χ2n) is 7.34. The summed E-state index contributed by atoms with van der Waals surface area (Å²) in [4.78, 5) is 0. The van der Waals surface area contributed by atoms with Crippen molar-refractivity contribution in [3.63, 3.8) is 0 Å². The lowest BCUT2D eigenvalue weighted by atomic mass is 9.77. The third-order valence-electron chi connectivity index (χ3n) is 5.62. The zero-order valence-electron chi connectivity index (χ0n) is 15.2. The summed E-state index contributed by atoms with van der Waals surface area (Å²) in [6, 6.07) is 17.3. The summed E-state index contributed by atoms with van der Waals surface area (Å²) in [5.41, 5.74) is 4.01. The van der Waals surface area contributed by atoms with E-state index in [1.165, 1.54) is 61.6 Å². The number of unbranched alkanes of at least 4 members (excludes halogenated alkanes) is 1. The highest BCUT2D eigenvalue weighted by molar-refractivity contribution is 6.30. The quantitative estimate of drug-likeness (QED) is 0.481. The predicted molar refractivity (Wildman–Crippen MR) is 107 cm³/mol. The van der Waals surface area contributed by atoms with Gasteiger partial charge < -0.3 is 4.74 Å². The normalized spacial score (nSPS) is 20.6. The van der Waals surface area contributed by atoms with Gasteiger partial charge in [-0.25, -0.2) is 0 Å². The van der Waals surface area contributed by atoms with Gasteiger partial charge in [0.15, 0.2) is 0 Å². The summed E-state index contributed by atoms with van der Waals surface area (Å²) in [6.45, 7) is 0.912. The average Bonchev–Trinajstić information content (AvgIpc) is 2.67. The molecule has 0 amide bonds. The Kier molecular flexibility index (Phi) is 6.95. The van der Waals surface area contributed by atoms with Crippen LogP contribution in [0.5, 0.6) is 0 Å². The van der Waals surface area contributed by atoms with Gasteiger partial charge in [0.1, 0.15) is 0 Å². The molecule has 0 N–H and O–H groups in total. The van der Waals surface area contributed by atoms with E-state index in [2.05, 4.69) is 36.4 Å². The maximum atomic E-state index is 5.98. The SMILES string of the molecule is COCCCC[C@H]1CC[C@H](c2ccc(-c3ccc(Cl)cc3)cc2)CC1. The predicted octanol–water partition coefficient (Wildman–Crippen LogP) is 7.10. The van der Waals surface area contributed by atoms with Crippen LogP contribution in [-0.2, 0) is 4.74 Å². The molecule has 0 radical (unpaired) electrons. The second kappa shape index (κ2) is 9.40. The van der Waals surface area contributed by atoms with Crippen molar-refractivity contribution < 1.29 is 4.74 Å². The van der Waals surface area contributed by atoms with Crippen LogP contribution in [0.4, 0.5) is 0 Å². The first-order valence-corrected chi connectivity index (χ1v) is 9.99. The van der Waals surface area contributed by atoms with Gasteiger partial charge in [0.25, 0.3) is 0 Å². The van der Waals surface area contributed by atoms with E-state index in [0.29, 0.717) is 0 Å². The zero-order chi connectivity index (χ0) is 17.5. The zero-order valence-corrected chi connectivity index (χ0v) is 16.0. The molecule has 1 aliphatic carbocycles. The van der Waals surface area contributed by atoms with Crippen molar-refractivity contribution in [2.24, 2.45) is 5.92 Å². The second-order valence-corrected chi connectivity index (χ2v) is 7.77. The number of hydrogen-bond donors (Lipinski definition) is 0. The van der Waals surface area contributed by atoms with Crippen molar-refractivity contribution in [1.29, 1.82) is 0 Å². The van der Waals surface area contributed by atoms with Crippen molar-refractivity contribution in [3.05, 3.63) is 59.1 Å². The molecule has 134 valence electrons. The number of halogens is 1. The van der Waals surface area contributed by atoms with Crippen LogP contribution in [0.2, 0.25) is 5.02 Å². The van der Waals surface area contributed by atoms with Crippen LogP contribution in [0.1, 0.15) is 56.4 Å². The minimum atomic E-state index is 0.745. The minimum absolute atomic E-state index is 0.745. The minimum Gasteiger partial charge on any atom is -0.385 e. The van der Waals surface area contributed by atoms with Gasteiger partial charge in [0.05, 0.1) is 0 Å². The maximum absolute atomic E-state index is 5.98. The highest BCUT2D eigenvalue weighted by atomic mass is 35.5. The Morgan fingerprint density at radius 1 is 0.840 bits per heavy atom. The molecule has 0 unspecified atom stereocenters. The lowest BCUT2D eigenvalue weighted by Crippen LogP contribution is -2.13. The molecule has 2 aromatic rings. The van der Waals surface area contributed by atoms with Crippen molar-refractivity contribution in [2.75, 3.05) is 13.7 Å². The average molecular weight is 357 g/mol. The lowest BCUT2D eigenvalue weighted by Gasteiger charge is -2.29. The van der Waals surface area contributed by atoms with E-state index in [1.807, 2.05) is 12.1 Å². The van der Waals surface area contributed by atoms with Gasteiger partial charge in [0, 0.05) is 18.7 Å². The van der Waals surface area contributed by atoms with Crippen molar-refractivity contribution in [3.8, 4) is 11.1 Å². The lowest BCUT2D eigenvalue weighted by molar-refractivity contribution is 0.187. The fourth-order valence-electron chi connectivity index (χ4n) is 4.05. The number of hydrogen-bond acceptors (Lipinski definition) is 1. The number of benzene rings is 2. The molecular formula is C23H29ClO. The van der Waals surface area contributed by atoms with Gasteiger partial charge >= 0.3 is 0 Å². The molecule has 1 fully saturated rings. The first-order chi connectivity index (χ1) is 12.3. The van der Waals surface area contributed by atoms with Gasteiger partial charge in [-0.1, -0.05) is 60.8 Å². The molecule has 0 aliphatic heterocycles. The standard InChI is InChI=1S/C23H29ClO/c1-25-17-3-2-4-18-5-7-19(8-6-18)20-9-11-21(12-10-20)22-13-15-23(24)16-14-22/h9-16,18-19H,2-8,17H2,1H3/t18-,19-. The van der Waals surface area contributed by atoms with Gasteiger partial charge in [-0.15, -0.1) is 0 Å². The summed E-state index contributed by atoms with van der Waals surface area (Å²) in [6.07, 6.45) is 9.37. The highest BCUT2D eigenvalue weighted by Gasteiger charge is 2.22. The molecular weight excluding hydrogens is 328 g/mol. The van der Waals surface area contributed by atoms with E-state index in [-0.39, 0.29) is 0 Å². The summed E-state index contributed by atoms with van der Waals surface area (Å²) in [5.74, 6) is 1.68. The van der Waals surface area contributed by atoms with Crippen LogP contribution in [0.15, 0.2) is 48.5 Å². The van der Waals surface area contributed by atoms with Crippen LogP contribution in [0.3, 0.4) is 0 Å². The molecule has 0 saturated heterocycles. The monoisotopic (exact) mass is 356 g/mol. The van der Waals surface area contributed by atoms with Gasteiger partial charge in [-0.3, -0.25) is 0 Å². The molecule has 1 saturated carbocycles. The van der Waals surface area contributed by atoms with Crippen LogP contribution in [0.25, 0.3) is 11.1 Å². The van der Waals surface area contributed by atoms with E-state index >= 15 is 0 Å². The fourth-order valence-corrected chi connectivity index (χ4v) is 4.18. The third-order valence-corrected chi connectivity index (χ3v) is 5.87. The Hall–Kier alpha value is -1.31. The Morgan fingerprint density at radius 2 is 1.44 bits per heavy atom. The number of rotatable bonds is 7.